The molecular formula is C17H16BrN3O3. The first-order valence-electron chi connectivity index (χ1n) is 7.86. The lowest BCUT2D eigenvalue weighted by molar-refractivity contribution is -0.00796. The molecule has 0 saturated carbocycles. The number of rotatable bonds is 2. The standard InChI is InChI=1S/C17H16BrN3O3/c1-2-23-17(22)24-15-13-7-10-5-3-4-6-12(10)14(13)21-9-11(18)8-19-16(21)20-15/h3-6,8-9,13-15H,2,7H2,1H3. The van der Waals surface area contributed by atoms with Crippen LogP contribution in [0.2, 0.25) is 0 Å². The molecule has 1 aliphatic carbocycles. The molecule has 1 aromatic carbocycles. The van der Waals surface area contributed by atoms with Crippen LogP contribution >= 0.6 is 15.9 Å². The number of carbonyl (C=O) groups is 1. The Morgan fingerprint density at radius 2 is 2.25 bits per heavy atom. The largest absolute Gasteiger partial charge is 0.510 e. The highest BCUT2D eigenvalue weighted by Gasteiger charge is 2.47. The summed E-state index contributed by atoms with van der Waals surface area (Å²) in [7, 11) is 0. The number of carbonyl (C=O) groups excluding carboxylic acids is 1. The highest BCUT2D eigenvalue weighted by atomic mass is 79.9. The summed E-state index contributed by atoms with van der Waals surface area (Å²) in [6.07, 6.45) is 3.18. The average molecular weight is 390 g/mol. The van der Waals surface area contributed by atoms with Crippen molar-refractivity contribution in [2.75, 3.05) is 6.61 Å². The molecule has 3 atom stereocenters. The second-order valence-corrected chi connectivity index (χ2v) is 6.73. The predicted octanol–water partition coefficient (Wildman–Crippen LogP) is 3.39. The summed E-state index contributed by atoms with van der Waals surface area (Å²) >= 11 is 3.47. The molecule has 0 aromatic heterocycles. The lowest BCUT2D eigenvalue weighted by Gasteiger charge is -2.39. The molecule has 2 heterocycles. The Hall–Kier alpha value is -2.15. The Bertz CT molecular complexity index is 774. The zero-order valence-electron chi connectivity index (χ0n) is 13.1. The van der Waals surface area contributed by atoms with Gasteiger partial charge in [-0.1, -0.05) is 24.3 Å². The van der Waals surface area contributed by atoms with Crippen molar-refractivity contribution < 1.29 is 14.3 Å². The van der Waals surface area contributed by atoms with Gasteiger partial charge in [-0.2, -0.15) is 0 Å². The van der Waals surface area contributed by atoms with Crippen molar-refractivity contribution in [3.63, 3.8) is 0 Å². The van der Waals surface area contributed by atoms with Gasteiger partial charge in [0.1, 0.15) is 0 Å². The molecule has 0 N–H and O–H groups in total. The fraction of sp³-hybridized carbons (Fsp3) is 0.353. The molecule has 3 unspecified atom stereocenters. The van der Waals surface area contributed by atoms with E-state index in [4.69, 9.17) is 9.47 Å². The number of guanidine groups is 1. The van der Waals surface area contributed by atoms with Crippen LogP contribution in [0.25, 0.3) is 0 Å². The van der Waals surface area contributed by atoms with E-state index in [9.17, 15) is 4.79 Å². The van der Waals surface area contributed by atoms with Gasteiger partial charge >= 0.3 is 6.16 Å². The Balaban J connectivity index is 1.73. The number of halogens is 1. The molecule has 4 rings (SSSR count). The van der Waals surface area contributed by atoms with Crippen molar-refractivity contribution >= 4 is 34.3 Å². The average Bonchev–Trinajstić information content (AvgIpc) is 2.96. The van der Waals surface area contributed by atoms with E-state index in [0.29, 0.717) is 5.96 Å². The van der Waals surface area contributed by atoms with Crippen molar-refractivity contribution in [3.05, 3.63) is 46.1 Å². The fourth-order valence-electron chi connectivity index (χ4n) is 3.51. The first kappa shape index (κ1) is 15.4. The molecule has 24 heavy (non-hydrogen) atoms. The summed E-state index contributed by atoms with van der Waals surface area (Å²) in [5.74, 6) is 0.575. The van der Waals surface area contributed by atoms with Gasteiger partial charge in [0.15, 0.2) is 0 Å². The predicted molar refractivity (Wildman–Crippen MR) is 93.0 cm³/mol. The molecule has 0 spiro atoms. The van der Waals surface area contributed by atoms with Crippen LogP contribution in [0.4, 0.5) is 4.79 Å². The second kappa shape index (κ2) is 6.05. The molecular weight excluding hydrogens is 374 g/mol. The molecule has 6 nitrogen and oxygen atoms in total. The Morgan fingerprint density at radius 1 is 1.42 bits per heavy atom. The maximum absolute atomic E-state index is 11.8. The van der Waals surface area contributed by atoms with Crippen LogP contribution in [0.15, 0.2) is 44.9 Å². The van der Waals surface area contributed by atoms with Gasteiger partial charge in [0.25, 0.3) is 0 Å². The molecule has 3 aliphatic rings. The van der Waals surface area contributed by atoms with Crippen LogP contribution in [-0.4, -0.2) is 36.1 Å². The molecule has 2 aliphatic heterocycles. The van der Waals surface area contributed by atoms with Gasteiger partial charge in [-0.15, -0.1) is 0 Å². The van der Waals surface area contributed by atoms with Gasteiger partial charge in [0.2, 0.25) is 12.2 Å². The maximum Gasteiger partial charge on any atom is 0.510 e. The summed E-state index contributed by atoms with van der Waals surface area (Å²) < 4.78 is 11.3. The molecule has 124 valence electrons. The third-order valence-corrected chi connectivity index (χ3v) is 4.83. The zero-order chi connectivity index (χ0) is 16.7. The van der Waals surface area contributed by atoms with E-state index >= 15 is 0 Å². The van der Waals surface area contributed by atoms with E-state index in [0.717, 1.165) is 10.9 Å². The minimum absolute atomic E-state index is 0.0282. The first-order valence-corrected chi connectivity index (χ1v) is 8.65. The minimum atomic E-state index is -0.688. The molecule has 7 heteroatoms. The summed E-state index contributed by atoms with van der Waals surface area (Å²) in [5, 5.41) is 0. The number of hydrogen-bond donors (Lipinski definition) is 0. The van der Waals surface area contributed by atoms with Crippen LogP contribution in [0.5, 0.6) is 0 Å². The van der Waals surface area contributed by atoms with Crippen molar-refractivity contribution in [1.29, 1.82) is 0 Å². The molecule has 0 fully saturated rings. The van der Waals surface area contributed by atoms with Crippen molar-refractivity contribution in [2.24, 2.45) is 15.9 Å². The van der Waals surface area contributed by atoms with Crippen LogP contribution in [0.3, 0.4) is 0 Å². The summed E-state index contributed by atoms with van der Waals surface area (Å²) in [6.45, 7) is 2.02. The van der Waals surface area contributed by atoms with E-state index in [-0.39, 0.29) is 18.6 Å². The van der Waals surface area contributed by atoms with E-state index in [1.54, 1.807) is 13.1 Å². The normalized spacial score (nSPS) is 26.8. The maximum atomic E-state index is 11.8. The Kier molecular flexibility index (Phi) is 3.88. The monoisotopic (exact) mass is 389 g/mol. The summed E-state index contributed by atoms with van der Waals surface area (Å²) in [6, 6.07) is 8.32. The second-order valence-electron chi connectivity index (χ2n) is 5.81. The Labute approximate surface area is 148 Å². The van der Waals surface area contributed by atoms with Crippen LogP contribution in [0.1, 0.15) is 24.1 Å². The number of ether oxygens (including phenoxy) is 2. The van der Waals surface area contributed by atoms with Gasteiger partial charge in [0, 0.05) is 18.3 Å². The fourth-order valence-corrected chi connectivity index (χ4v) is 3.83. The van der Waals surface area contributed by atoms with Gasteiger partial charge < -0.3 is 14.4 Å². The first-order chi connectivity index (χ1) is 11.7. The van der Waals surface area contributed by atoms with Crippen LogP contribution < -0.4 is 0 Å². The zero-order valence-corrected chi connectivity index (χ0v) is 14.6. The lowest BCUT2D eigenvalue weighted by atomic mass is 9.95. The van der Waals surface area contributed by atoms with Crippen molar-refractivity contribution in [1.82, 2.24) is 4.90 Å². The number of fused-ring (bicyclic) bond motifs is 5. The van der Waals surface area contributed by atoms with Gasteiger partial charge in [-0.25, -0.2) is 14.8 Å². The van der Waals surface area contributed by atoms with Crippen molar-refractivity contribution in [3.8, 4) is 0 Å². The number of benzene rings is 1. The summed E-state index contributed by atoms with van der Waals surface area (Å²) in [4.78, 5) is 22.8. The third kappa shape index (κ3) is 2.53. The van der Waals surface area contributed by atoms with E-state index in [1.807, 2.05) is 23.2 Å². The SMILES string of the molecule is CCOC(=O)OC1N=C2N=CC(Br)=CN2C2c3ccccc3CC12. The highest BCUT2D eigenvalue weighted by molar-refractivity contribution is 9.12. The quantitative estimate of drug-likeness (QED) is 0.727. The molecule has 0 saturated heterocycles. The number of aliphatic imine (C=N–C) groups is 2. The van der Waals surface area contributed by atoms with E-state index in [2.05, 4.69) is 38.0 Å². The Morgan fingerprint density at radius 3 is 3.08 bits per heavy atom. The smallest absolute Gasteiger partial charge is 0.435 e. The number of allylic oxidation sites excluding steroid dienone is 1. The molecule has 0 amide bonds. The van der Waals surface area contributed by atoms with Crippen LogP contribution in [0, 0.1) is 5.92 Å². The van der Waals surface area contributed by atoms with Gasteiger partial charge in [0.05, 0.1) is 17.1 Å². The summed E-state index contributed by atoms with van der Waals surface area (Å²) in [5.41, 5.74) is 2.47. The van der Waals surface area contributed by atoms with Crippen molar-refractivity contribution in [2.45, 2.75) is 25.6 Å². The van der Waals surface area contributed by atoms with Gasteiger partial charge in [-0.05, 0) is 40.4 Å². The molecule has 0 radical (unpaired) electrons. The van der Waals surface area contributed by atoms with Gasteiger partial charge in [-0.3, -0.25) is 0 Å². The lowest BCUT2D eigenvalue weighted by Crippen LogP contribution is -2.44. The molecule has 0 bridgehead atoms. The highest BCUT2D eigenvalue weighted by Crippen LogP contribution is 2.46. The van der Waals surface area contributed by atoms with Crippen LogP contribution in [-0.2, 0) is 15.9 Å². The third-order valence-electron chi connectivity index (χ3n) is 4.42. The minimum Gasteiger partial charge on any atom is -0.435 e. The number of nitrogens with zero attached hydrogens (tertiary/aromatic N) is 3. The number of hydrogen-bond acceptors (Lipinski definition) is 6. The molecule has 1 aromatic rings. The van der Waals surface area contributed by atoms with E-state index in [1.165, 1.54) is 11.1 Å². The topological polar surface area (TPSA) is 63.5 Å². The van der Waals surface area contributed by atoms with E-state index < -0.39 is 12.4 Å².